The minimum atomic E-state index is -0.626. The summed E-state index contributed by atoms with van der Waals surface area (Å²) < 4.78 is 11.3. The second-order valence-corrected chi connectivity index (χ2v) is 5.62. The van der Waals surface area contributed by atoms with Crippen LogP contribution in [0.5, 0.6) is 11.5 Å². The summed E-state index contributed by atoms with van der Waals surface area (Å²) in [5.41, 5.74) is 0.973. The molecular weight excluding hydrogens is 302 g/mol. The number of benzene rings is 2. The molecule has 0 fully saturated rings. The third kappa shape index (κ3) is 3.17. The van der Waals surface area contributed by atoms with E-state index in [1.165, 1.54) is 0 Å². The third-order valence-electron chi connectivity index (χ3n) is 3.47. The first-order chi connectivity index (χ1) is 10.6. The lowest BCUT2D eigenvalue weighted by Gasteiger charge is -2.28. The Balaban J connectivity index is 1.67. The second-order valence-electron chi connectivity index (χ2n) is 5.19. The summed E-state index contributed by atoms with van der Waals surface area (Å²) in [5, 5.41) is 0.657. The fraction of sp³-hybridized carbons (Fsp3) is 0.235. The summed E-state index contributed by atoms with van der Waals surface area (Å²) in [6, 6.07) is 14.8. The first kappa shape index (κ1) is 14.7. The Morgan fingerprint density at radius 2 is 2.00 bits per heavy atom. The number of likely N-dealkylation sites (N-methyl/N-ethyl adjacent to an activating group) is 1. The van der Waals surface area contributed by atoms with Crippen molar-refractivity contribution < 1.29 is 14.3 Å². The Kier molecular flexibility index (Phi) is 4.20. The quantitative estimate of drug-likeness (QED) is 0.873. The summed E-state index contributed by atoms with van der Waals surface area (Å²) in [4.78, 5) is 14.1. The normalized spacial score (nSPS) is 16.2. The van der Waals surface area contributed by atoms with Crippen LogP contribution in [0.15, 0.2) is 48.5 Å². The van der Waals surface area contributed by atoms with Crippen molar-refractivity contribution in [3.8, 4) is 11.5 Å². The average molecular weight is 318 g/mol. The number of amides is 1. The highest BCUT2D eigenvalue weighted by Crippen LogP contribution is 2.31. The van der Waals surface area contributed by atoms with E-state index in [1.807, 2.05) is 42.5 Å². The van der Waals surface area contributed by atoms with E-state index < -0.39 is 6.10 Å². The molecule has 1 aliphatic heterocycles. The smallest absolute Gasteiger partial charge is 0.267 e. The van der Waals surface area contributed by atoms with E-state index in [0.717, 1.165) is 5.56 Å². The number of nitrogens with zero attached hydrogens (tertiary/aromatic N) is 1. The first-order valence-corrected chi connectivity index (χ1v) is 7.39. The Labute approximate surface area is 134 Å². The molecule has 1 aliphatic rings. The molecule has 2 aromatic rings. The minimum absolute atomic E-state index is 0.116. The average Bonchev–Trinajstić information content (AvgIpc) is 2.53. The van der Waals surface area contributed by atoms with Crippen molar-refractivity contribution in [3.05, 3.63) is 59.1 Å². The molecule has 5 heteroatoms. The molecule has 0 spiro atoms. The Hall–Kier alpha value is -2.20. The molecule has 1 atom stereocenters. The number of hydrogen-bond donors (Lipinski definition) is 0. The maximum absolute atomic E-state index is 12.5. The van der Waals surface area contributed by atoms with Gasteiger partial charge in [-0.3, -0.25) is 4.79 Å². The molecule has 0 radical (unpaired) electrons. The van der Waals surface area contributed by atoms with Crippen molar-refractivity contribution in [1.29, 1.82) is 0 Å². The van der Waals surface area contributed by atoms with Gasteiger partial charge in [-0.25, -0.2) is 0 Å². The predicted molar refractivity (Wildman–Crippen MR) is 84.3 cm³/mol. The molecule has 0 saturated heterocycles. The van der Waals surface area contributed by atoms with E-state index in [2.05, 4.69) is 0 Å². The lowest BCUT2D eigenvalue weighted by molar-refractivity contribution is -0.140. The summed E-state index contributed by atoms with van der Waals surface area (Å²) >= 11 is 5.96. The molecular formula is C17H16ClNO3. The van der Waals surface area contributed by atoms with Crippen LogP contribution >= 0.6 is 11.6 Å². The van der Waals surface area contributed by atoms with Crippen molar-refractivity contribution in [2.45, 2.75) is 12.6 Å². The largest absolute Gasteiger partial charge is 0.485 e. The molecule has 1 amide bonds. The maximum atomic E-state index is 12.5. The zero-order valence-electron chi connectivity index (χ0n) is 12.2. The molecule has 114 valence electrons. The van der Waals surface area contributed by atoms with Crippen molar-refractivity contribution in [2.24, 2.45) is 0 Å². The summed E-state index contributed by atoms with van der Waals surface area (Å²) in [7, 11) is 1.74. The van der Waals surface area contributed by atoms with Crippen LogP contribution in [0, 0.1) is 0 Å². The van der Waals surface area contributed by atoms with Gasteiger partial charge >= 0.3 is 0 Å². The number of carbonyl (C=O) groups is 1. The zero-order valence-corrected chi connectivity index (χ0v) is 12.9. The van der Waals surface area contributed by atoms with Crippen LogP contribution in [-0.2, 0) is 11.3 Å². The fourth-order valence-electron chi connectivity index (χ4n) is 2.37. The van der Waals surface area contributed by atoms with Gasteiger partial charge in [0.25, 0.3) is 5.91 Å². The molecule has 3 rings (SSSR count). The fourth-order valence-corrected chi connectivity index (χ4v) is 2.59. The van der Waals surface area contributed by atoms with Crippen molar-refractivity contribution >= 4 is 17.5 Å². The van der Waals surface area contributed by atoms with Crippen LogP contribution in [0.1, 0.15) is 5.56 Å². The van der Waals surface area contributed by atoms with E-state index >= 15 is 0 Å². The minimum Gasteiger partial charge on any atom is -0.485 e. The van der Waals surface area contributed by atoms with Crippen molar-refractivity contribution in [3.63, 3.8) is 0 Å². The second kappa shape index (κ2) is 6.28. The molecule has 2 aromatic carbocycles. The van der Waals surface area contributed by atoms with Gasteiger partial charge in [0.05, 0.1) is 0 Å². The number of ether oxygens (including phenoxy) is 2. The van der Waals surface area contributed by atoms with E-state index in [0.29, 0.717) is 23.1 Å². The molecule has 0 bridgehead atoms. The lowest BCUT2D eigenvalue weighted by atomic mass is 10.2. The Morgan fingerprint density at radius 1 is 1.23 bits per heavy atom. The Bertz CT molecular complexity index is 689. The van der Waals surface area contributed by atoms with Crippen LogP contribution in [-0.4, -0.2) is 30.6 Å². The van der Waals surface area contributed by atoms with Gasteiger partial charge in [-0.05, 0) is 29.8 Å². The van der Waals surface area contributed by atoms with Crippen LogP contribution in [0.3, 0.4) is 0 Å². The van der Waals surface area contributed by atoms with E-state index in [1.54, 1.807) is 18.0 Å². The van der Waals surface area contributed by atoms with Crippen LogP contribution < -0.4 is 9.47 Å². The summed E-state index contributed by atoms with van der Waals surface area (Å²) in [5.74, 6) is 1.15. The molecule has 1 heterocycles. The topological polar surface area (TPSA) is 38.8 Å². The van der Waals surface area contributed by atoms with Gasteiger partial charge in [-0.2, -0.15) is 0 Å². The summed E-state index contributed by atoms with van der Waals surface area (Å²) in [6.07, 6.45) is -0.626. The molecule has 0 aliphatic carbocycles. The highest BCUT2D eigenvalue weighted by molar-refractivity contribution is 6.30. The van der Waals surface area contributed by atoms with Gasteiger partial charge in [0.15, 0.2) is 11.5 Å². The predicted octanol–water partition coefficient (Wildman–Crippen LogP) is 3.14. The molecule has 4 nitrogen and oxygen atoms in total. The molecule has 0 N–H and O–H groups in total. The van der Waals surface area contributed by atoms with Crippen molar-refractivity contribution in [2.75, 3.05) is 13.7 Å². The van der Waals surface area contributed by atoms with Gasteiger partial charge in [0.1, 0.15) is 6.61 Å². The van der Waals surface area contributed by atoms with Gasteiger partial charge in [0.2, 0.25) is 6.10 Å². The molecule has 22 heavy (non-hydrogen) atoms. The van der Waals surface area contributed by atoms with Crippen molar-refractivity contribution in [1.82, 2.24) is 4.90 Å². The highest BCUT2D eigenvalue weighted by Gasteiger charge is 2.29. The third-order valence-corrected chi connectivity index (χ3v) is 3.70. The molecule has 0 saturated carbocycles. The number of halogens is 1. The summed E-state index contributed by atoms with van der Waals surface area (Å²) in [6.45, 7) is 0.691. The standard InChI is InChI=1S/C17H16ClNO3/c1-19(10-12-5-4-6-13(18)9-12)17(20)16-11-21-14-7-2-3-8-15(14)22-16/h2-9,16H,10-11H2,1H3. The van der Waals surface area contributed by atoms with Gasteiger partial charge < -0.3 is 14.4 Å². The van der Waals surface area contributed by atoms with Crippen LogP contribution in [0.4, 0.5) is 0 Å². The van der Waals surface area contributed by atoms with Gasteiger partial charge in [-0.1, -0.05) is 35.9 Å². The zero-order chi connectivity index (χ0) is 15.5. The number of hydrogen-bond acceptors (Lipinski definition) is 3. The van der Waals surface area contributed by atoms with Gasteiger partial charge in [-0.15, -0.1) is 0 Å². The van der Waals surface area contributed by atoms with Gasteiger partial charge in [0, 0.05) is 18.6 Å². The first-order valence-electron chi connectivity index (χ1n) is 7.01. The Morgan fingerprint density at radius 3 is 2.77 bits per heavy atom. The van der Waals surface area contributed by atoms with Crippen LogP contribution in [0.2, 0.25) is 5.02 Å². The molecule has 1 unspecified atom stereocenters. The van der Waals surface area contributed by atoms with E-state index in [9.17, 15) is 4.79 Å². The van der Waals surface area contributed by atoms with E-state index in [-0.39, 0.29) is 12.5 Å². The number of fused-ring (bicyclic) bond motifs is 1. The lowest BCUT2D eigenvalue weighted by Crippen LogP contribution is -2.44. The monoisotopic (exact) mass is 317 g/mol. The van der Waals surface area contributed by atoms with Crippen LogP contribution in [0.25, 0.3) is 0 Å². The highest BCUT2D eigenvalue weighted by atomic mass is 35.5. The maximum Gasteiger partial charge on any atom is 0.267 e. The SMILES string of the molecule is CN(Cc1cccc(Cl)c1)C(=O)C1COc2ccccc2O1. The number of rotatable bonds is 3. The number of carbonyl (C=O) groups excluding carboxylic acids is 1. The number of para-hydroxylation sites is 2. The molecule has 0 aromatic heterocycles. The van der Waals surface area contributed by atoms with E-state index in [4.69, 9.17) is 21.1 Å².